The second-order valence-electron chi connectivity index (χ2n) is 13.3. The second kappa shape index (κ2) is 13.1. The van der Waals surface area contributed by atoms with Gasteiger partial charge in [-0.3, -0.25) is 13.9 Å². The van der Waals surface area contributed by atoms with E-state index in [1.54, 1.807) is 50.2 Å². The van der Waals surface area contributed by atoms with Crippen molar-refractivity contribution in [2.75, 3.05) is 32.2 Å². The molecule has 0 amide bonds. The number of aliphatic hydroxyl groups excluding tert-OH is 1. The predicted octanol–water partition coefficient (Wildman–Crippen LogP) is 5.11. The molecule has 0 bridgehead atoms. The molecule has 13 nitrogen and oxygen atoms in total. The third kappa shape index (κ3) is 7.42. The summed E-state index contributed by atoms with van der Waals surface area (Å²) in [5.41, 5.74) is -1.88. The van der Waals surface area contributed by atoms with Gasteiger partial charge < -0.3 is 24.0 Å². The van der Waals surface area contributed by atoms with Crippen molar-refractivity contribution in [1.82, 2.24) is 24.6 Å². The molecule has 0 radical (unpaired) electrons. The van der Waals surface area contributed by atoms with Crippen molar-refractivity contribution >= 4 is 41.5 Å². The number of benzene rings is 2. The van der Waals surface area contributed by atoms with Gasteiger partial charge in [0.1, 0.15) is 29.8 Å². The van der Waals surface area contributed by atoms with Crippen molar-refractivity contribution in [3.8, 4) is 5.75 Å². The highest BCUT2D eigenvalue weighted by atomic mass is 31.2. The lowest BCUT2D eigenvalue weighted by molar-refractivity contribution is -0.148. The van der Waals surface area contributed by atoms with Gasteiger partial charge in [0.05, 0.1) is 19.5 Å². The van der Waals surface area contributed by atoms with E-state index in [2.05, 4.69) is 20.0 Å². The third-order valence-electron chi connectivity index (χ3n) is 7.64. The van der Waals surface area contributed by atoms with E-state index in [4.69, 9.17) is 18.5 Å². The Labute approximate surface area is 273 Å². The van der Waals surface area contributed by atoms with Crippen LogP contribution in [0.25, 0.3) is 21.9 Å². The number of alkyl halides is 1. The molecule has 254 valence electrons. The Morgan fingerprint density at radius 3 is 2.62 bits per heavy atom. The van der Waals surface area contributed by atoms with E-state index >= 15 is 4.39 Å². The smallest absolute Gasteiger partial charge is 0.459 e. The number of carbonyl (C=O) groups is 1. The number of aliphatic hydroxyl groups is 1. The van der Waals surface area contributed by atoms with Gasteiger partial charge >= 0.3 is 13.7 Å². The molecule has 0 spiro atoms. The summed E-state index contributed by atoms with van der Waals surface area (Å²) in [6.07, 6.45) is -2.98. The molecule has 0 saturated carbocycles. The zero-order valence-electron chi connectivity index (χ0n) is 27.8. The fourth-order valence-electron chi connectivity index (χ4n) is 5.21. The number of carbonyl (C=O) groups excluding carboxylic acids is 1. The Morgan fingerprint density at radius 2 is 1.91 bits per heavy atom. The lowest BCUT2D eigenvalue weighted by Crippen LogP contribution is -2.41. The lowest BCUT2D eigenvalue weighted by atomic mass is 9.98. The molecule has 3 heterocycles. The Bertz CT molecular complexity index is 1800. The average Bonchev–Trinajstić information content (AvgIpc) is 3.51. The van der Waals surface area contributed by atoms with E-state index in [9.17, 15) is 14.5 Å². The summed E-state index contributed by atoms with van der Waals surface area (Å²) in [5, 5.41) is 15.3. The van der Waals surface area contributed by atoms with Crippen LogP contribution in [-0.4, -0.2) is 81.8 Å². The van der Waals surface area contributed by atoms with Crippen LogP contribution in [0.3, 0.4) is 0 Å². The minimum Gasteiger partial charge on any atom is -0.464 e. The molecule has 1 aliphatic rings. The Kier molecular flexibility index (Phi) is 9.64. The summed E-state index contributed by atoms with van der Waals surface area (Å²) in [4.78, 5) is 27.9. The first-order valence-electron chi connectivity index (χ1n) is 15.3. The highest BCUT2D eigenvalue weighted by Gasteiger charge is 2.56. The number of fused-ring (bicyclic) bond motifs is 2. The van der Waals surface area contributed by atoms with Crippen LogP contribution in [0.2, 0.25) is 0 Å². The van der Waals surface area contributed by atoms with E-state index in [1.807, 2.05) is 39.0 Å². The first-order valence-corrected chi connectivity index (χ1v) is 16.8. The number of hydrogen-bond donors (Lipinski definition) is 2. The number of ether oxygens (including phenoxy) is 2. The summed E-state index contributed by atoms with van der Waals surface area (Å²) >= 11 is 0. The van der Waals surface area contributed by atoms with E-state index in [0.29, 0.717) is 28.2 Å². The fourth-order valence-corrected chi connectivity index (χ4v) is 6.73. The topological polar surface area (TPSA) is 150 Å². The molecule has 6 atom stereocenters. The lowest BCUT2D eigenvalue weighted by Gasteiger charge is -2.26. The highest BCUT2D eigenvalue weighted by Crippen LogP contribution is 2.49. The highest BCUT2D eigenvalue weighted by molar-refractivity contribution is 7.52. The van der Waals surface area contributed by atoms with Crippen LogP contribution in [-0.2, 0) is 23.4 Å². The SMILES string of the molecule is Cc1nc(N(C)C)c2ncn([C@@H]3O[C@H](CO[P@](=O)(N[C@H](C)C(=O)OCC(C)(C)C)Oc4cccc5ccccc45)[C@@H](O)[C@@]3(C)F)c2n1. The molecule has 1 aliphatic heterocycles. The summed E-state index contributed by atoms with van der Waals surface area (Å²) in [5.74, 6) is 0.541. The Hall–Kier alpha value is -3.68. The van der Waals surface area contributed by atoms with Crippen molar-refractivity contribution in [2.45, 2.75) is 71.7 Å². The van der Waals surface area contributed by atoms with Crippen LogP contribution >= 0.6 is 7.75 Å². The van der Waals surface area contributed by atoms with Crippen LogP contribution in [0.5, 0.6) is 5.75 Å². The minimum absolute atomic E-state index is 0.134. The van der Waals surface area contributed by atoms with Gasteiger partial charge in [-0.2, -0.15) is 5.09 Å². The van der Waals surface area contributed by atoms with Crippen molar-refractivity contribution in [2.24, 2.45) is 5.41 Å². The van der Waals surface area contributed by atoms with Gasteiger partial charge in [0.15, 0.2) is 28.9 Å². The summed E-state index contributed by atoms with van der Waals surface area (Å²) < 4.78 is 55.3. The van der Waals surface area contributed by atoms with Crippen LogP contribution < -0.4 is 14.5 Å². The molecule has 1 saturated heterocycles. The molecular formula is C32H42FN6O7P. The van der Waals surface area contributed by atoms with Gasteiger partial charge in [0.2, 0.25) is 0 Å². The number of halogens is 1. The van der Waals surface area contributed by atoms with Gasteiger partial charge in [-0.25, -0.2) is 23.9 Å². The molecule has 4 aromatic rings. The standard InChI is InChI=1S/C32H42FN6O7P/c1-19(29(41)43-17-31(3,4)5)37-47(42,46-23-15-11-13-21-12-9-10-14-22(21)23)44-16-24-26(40)32(6,33)30(45-24)39-18-34-25-27(38(7)8)35-20(2)36-28(25)39/h9-15,18-19,24,26,30,40H,16-17H2,1-8H3,(H,37,42)/t19-,24-,26-,30-,32-,47-/m1/s1. The van der Waals surface area contributed by atoms with Crippen LogP contribution in [0, 0.1) is 12.3 Å². The zero-order valence-corrected chi connectivity index (χ0v) is 28.7. The zero-order chi connectivity index (χ0) is 34.3. The third-order valence-corrected chi connectivity index (χ3v) is 9.27. The summed E-state index contributed by atoms with van der Waals surface area (Å²) in [6, 6.07) is 11.4. The second-order valence-corrected chi connectivity index (χ2v) is 15.0. The number of imidazole rings is 1. The van der Waals surface area contributed by atoms with Gasteiger partial charge in [-0.05, 0) is 37.6 Å². The van der Waals surface area contributed by atoms with Gasteiger partial charge in [0, 0.05) is 19.5 Å². The van der Waals surface area contributed by atoms with Gasteiger partial charge in [-0.1, -0.05) is 57.2 Å². The number of nitrogens with one attached hydrogen (secondary N) is 1. The van der Waals surface area contributed by atoms with Crippen molar-refractivity contribution in [3.05, 3.63) is 54.6 Å². The van der Waals surface area contributed by atoms with Gasteiger partial charge in [-0.15, -0.1) is 0 Å². The molecule has 5 rings (SSSR count). The van der Waals surface area contributed by atoms with Crippen molar-refractivity contribution in [1.29, 1.82) is 0 Å². The summed E-state index contributed by atoms with van der Waals surface area (Å²) in [6.45, 7) is 9.70. The predicted molar refractivity (Wildman–Crippen MR) is 175 cm³/mol. The molecule has 0 aliphatic carbocycles. The Balaban J connectivity index is 1.41. The molecule has 0 unspecified atom stereocenters. The maximum Gasteiger partial charge on any atom is 0.459 e. The molecule has 15 heteroatoms. The maximum absolute atomic E-state index is 16.3. The van der Waals surface area contributed by atoms with Crippen LogP contribution in [0.15, 0.2) is 48.8 Å². The van der Waals surface area contributed by atoms with Crippen LogP contribution in [0.1, 0.15) is 46.7 Å². The van der Waals surface area contributed by atoms with E-state index < -0.39 is 50.5 Å². The maximum atomic E-state index is 16.3. The summed E-state index contributed by atoms with van der Waals surface area (Å²) in [7, 11) is -0.781. The number of aromatic nitrogens is 4. The number of esters is 1. The normalized spacial score (nSPS) is 23.5. The average molecular weight is 673 g/mol. The van der Waals surface area contributed by atoms with Crippen molar-refractivity contribution < 1.29 is 37.4 Å². The Morgan fingerprint density at radius 1 is 1.21 bits per heavy atom. The van der Waals surface area contributed by atoms with Crippen molar-refractivity contribution in [3.63, 3.8) is 0 Å². The number of rotatable bonds is 11. The minimum atomic E-state index is -4.39. The van der Waals surface area contributed by atoms with E-state index in [0.717, 1.165) is 5.39 Å². The largest absolute Gasteiger partial charge is 0.464 e. The first-order chi connectivity index (χ1) is 22.0. The molecule has 2 aromatic heterocycles. The molecular weight excluding hydrogens is 630 g/mol. The number of nitrogens with zero attached hydrogens (tertiary/aromatic N) is 5. The van der Waals surface area contributed by atoms with Gasteiger partial charge in [0.25, 0.3) is 0 Å². The van der Waals surface area contributed by atoms with E-state index in [1.165, 1.54) is 24.7 Å². The van der Waals surface area contributed by atoms with Crippen LogP contribution in [0.4, 0.5) is 10.2 Å². The number of hydrogen-bond acceptors (Lipinski definition) is 11. The molecule has 2 aromatic carbocycles. The fraction of sp³-hybridized carbons (Fsp3) is 0.500. The first kappa shape index (κ1) is 34.6. The monoisotopic (exact) mass is 672 g/mol. The molecule has 47 heavy (non-hydrogen) atoms. The molecule has 1 fully saturated rings. The number of aryl methyl sites for hydroxylation is 1. The molecule has 2 N–H and O–H groups in total. The van der Waals surface area contributed by atoms with E-state index in [-0.39, 0.29) is 17.8 Å². The number of anilines is 1. The quantitative estimate of drug-likeness (QED) is 0.161.